The monoisotopic (exact) mass is 328 g/mol. The van der Waals surface area contributed by atoms with Crippen LogP contribution in [0.25, 0.3) is 22.2 Å². The molecule has 4 heteroatoms. The van der Waals surface area contributed by atoms with Crippen molar-refractivity contribution in [2.75, 3.05) is 0 Å². The predicted molar refractivity (Wildman–Crippen MR) is 97.1 cm³/mol. The molecule has 0 saturated carbocycles. The zero-order chi connectivity index (χ0) is 17.1. The molecule has 25 heavy (non-hydrogen) atoms. The van der Waals surface area contributed by atoms with Crippen molar-refractivity contribution in [3.05, 3.63) is 90.3 Å². The highest BCUT2D eigenvalue weighted by molar-refractivity contribution is 5.98. The highest BCUT2D eigenvalue weighted by Crippen LogP contribution is 2.18. The molecule has 0 aliphatic heterocycles. The van der Waals surface area contributed by atoms with Gasteiger partial charge in [-0.2, -0.15) is 0 Å². The maximum absolute atomic E-state index is 12.4. The van der Waals surface area contributed by atoms with Crippen molar-refractivity contribution in [3.8, 4) is 11.5 Å². The number of rotatable bonds is 4. The minimum atomic E-state index is -0.0953. The number of fused-ring (bicyclic) bond motifs is 1. The molecular weight excluding hydrogens is 312 g/mol. The van der Waals surface area contributed by atoms with Gasteiger partial charge in [0.2, 0.25) is 0 Å². The summed E-state index contributed by atoms with van der Waals surface area (Å²) in [4.78, 5) is 16.7. The van der Waals surface area contributed by atoms with Gasteiger partial charge in [0.1, 0.15) is 5.69 Å². The van der Waals surface area contributed by atoms with Gasteiger partial charge >= 0.3 is 0 Å². The van der Waals surface area contributed by atoms with E-state index < -0.39 is 0 Å². The van der Waals surface area contributed by atoms with Crippen LogP contribution >= 0.6 is 0 Å². The minimum Gasteiger partial charge on any atom is -0.463 e. The van der Waals surface area contributed by atoms with Gasteiger partial charge in [-0.05, 0) is 52.7 Å². The van der Waals surface area contributed by atoms with E-state index in [0.29, 0.717) is 17.9 Å². The molecule has 4 nitrogen and oxygen atoms in total. The average Bonchev–Trinajstić information content (AvgIpc) is 3.21. The normalized spacial score (nSPS) is 10.7. The molecule has 122 valence electrons. The number of nitrogens with zero attached hydrogens (tertiary/aromatic N) is 1. The number of aromatic nitrogens is 1. The molecule has 2 heterocycles. The molecular formula is C21H16N2O2. The largest absolute Gasteiger partial charge is 0.463 e. The summed E-state index contributed by atoms with van der Waals surface area (Å²) < 4.78 is 5.36. The van der Waals surface area contributed by atoms with E-state index in [-0.39, 0.29) is 5.91 Å². The lowest BCUT2D eigenvalue weighted by atomic mass is 10.1. The Balaban J connectivity index is 1.48. The molecule has 0 atom stereocenters. The van der Waals surface area contributed by atoms with E-state index >= 15 is 0 Å². The van der Waals surface area contributed by atoms with Crippen LogP contribution in [0.2, 0.25) is 0 Å². The molecule has 1 amide bonds. The maximum Gasteiger partial charge on any atom is 0.251 e. The first-order valence-electron chi connectivity index (χ1n) is 8.05. The first-order valence-corrected chi connectivity index (χ1v) is 8.05. The summed E-state index contributed by atoms with van der Waals surface area (Å²) in [6.07, 6.45) is 3.33. The number of nitrogens with one attached hydrogen (secondary N) is 1. The number of benzene rings is 2. The minimum absolute atomic E-state index is 0.0953. The van der Waals surface area contributed by atoms with Crippen molar-refractivity contribution in [1.82, 2.24) is 10.3 Å². The Morgan fingerprint density at radius 2 is 1.84 bits per heavy atom. The summed E-state index contributed by atoms with van der Waals surface area (Å²) in [6, 6.07) is 21.2. The van der Waals surface area contributed by atoms with E-state index in [1.165, 1.54) is 0 Å². The second-order valence-corrected chi connectivity index (χ2v) is 5.77. The predicted octanol–water partition coefficient (Wildman–Crippen LogP) is 4.42. The van der Waals surface area contributed by atoms with Crippen LogP contribution < -0.4 is 5.32 Å². The molecule has 4 rings (SSSR count). The second kappa shape index (κ2) is 6.61. The topological polar surface area (TPSA) is 55.1 Å². The Kier molecular flexibility index (Phi) is 4.01. The summed E-state index contributed by atoms with van der Waals surface area (Å²) in [5, 5.41) is 5.13. The second-order valence-electron chi connectivity index (χ2n) is 5.77. The lowest BCUT2D eigenvalue weighted by molar-refractivity contribution is 0.0951. The zero-order valence-corrected chi connectivity index (χ0v) is 13.5. The molecule has 0 spiro atoms. The molecule has 1 N–H and O–H groups in total. The zero-order valence-electron chi connectivity index (χ0n) is 13.5. The van der Waals surface area contributed by atoms with Gasteiger partial charge in [0.15, 0.2) is 5.76 Å². The summed E-state index contributed by atoms with van der Waals surface area (Å²) in [5.41, 5.74) is 2.37. The average molecular weight is 328 g/mol. The highest BCUT2D eigenvalue weighted by atomic mass is 16.3. The van der Waals surface area contributed by atoms with Crippen LogP contribution in [0.3, 0.4) is 0 Å². The van der Waals surface area contributed by atoms with Crippen LogP contribution in [0, 0.1) is 0 Å². The molecule has 0 aliphatic rings. The van der Waals surface area contributed by atoms with E-state index in [9.17, 15) is 4.79 Å². The number of furan rings is 1. The van der Waals surface area contributed by atoms with Crippen molar-refractivity contribution in [2.24, 2.45) is 0 Å². The fourth-order valence-corrected chi connectivity index (χ4v) is 2.76. The SMILES string of the molecule is O=C(NCc1ccnc(-c2ccco2)c1)c1ccc2ccccc2c1. The number of hydrogen-bond donors (Lipinski definition) is 1. The van der Waals surface area contributed by atoms with Gasteiger partial charge < -0.3 is 9.73 Å². The third-order valence-corrected chi connectivity index (χ3v) is 4.06. The number of pyridine rings is 1. The summed E-state index contributed by atoms with van der Waals surface area (Å²) in [5.74, 6) is 0.616. The van der Waals surface area contributed by atoms with Crippen LogP contribution in [0.15, 0.2) is 83.6 Å². The summed E-state index contributed by atoms with van der Waals surface area (Å²) >= 11 is 0. The van der Waals surface area contributed by atoms with Crippen molar-refractivity contribution >= 4 is 16.7 Å². The van der Waals surface area contributed by atoms with E-state index in [4.69, 9.17) is 4.42 Å². The van der Waals surface area contributed by atoms with Crippen LogP contribution in [0.5, 0.6) is 0 Å². The maximum atomic E-state index is 12.4. The molecule has 2 aromatic heterocycles. The lowest BCUT2D eigenvalue weighted by Gasteiger charge is -2.07. The van der Waals surface area contributed by atoms with Gasteiger partial charge in [0.05, 0.1) is 6.26 Å². The van der Waals surface area contributed by atoms with Crippen LogP contribution in [0.4, 0.5) is 0 Å². The summed E-state index contributed by atoms with van der Waals surface area (Å²) in [7, 11) is 0. The molecule has 0 saturated heterocycles. The van der Waals surface area contributed by atoms with E-state index in [1.54, 1.807) is 12.5 Å². The van der Waals surface area contributed by atoms with Gasteiger partial charge in [0.25, 0.3) is 5.91 Å². The number of hydrogen-bond acceptors (Lipinski definition) is 3. The Morgan fingerprint density at radius 3 is 2.68 bits per heavy atom. The molecule has 0 unspecified atom stereocenters. The first kappa shape index (κ1) is 15.1. The number of carbonyl (C=O) groups excluding carboxylic acids is 1. The standard InChI is InChI=1S/C21H16N2O2/c24-21(18-8-7-16-4-1-2-5-17(16)13-18)23-14-15-9-10-22-19(12-15)20-6-3-11-25-20/h1-13H,14H2,(H,23,24). The van der Waals surface area contributed by atoms with Crippen LogP contribution in [0.1, 0.15) is 15.9 Å². The van der Waals surface area contributed by atoms with Gasteiger partial charge in [-0.25, -0.2) is 0 Å². The van der Waals surface area contributed by atoms with Crippen molar-refractivity contribution in [2.45, 2.75) is 6.54 Å². The van der Waals surface area contributed by atoms with Crippen LogP contribution in [-0.2, 0) is 6.54 Å². The molecule has 2 aromatic carbocycles. The molecule has 0 fully saturated rings. The van der Waals surface area contributed by atoms with Crippen molar-refractivity contribution < 1.29 is 9.21 Å². The third kappa shape index (κ3) is 3.28. The third-order valence-electron chi connectivity index (χ3n) is 4.06. The Morgan fingerprint density at radius 1 is 0.960 bits per heavy atom. The van der Waals surface area contributed by atoms with E-state index in [2.05, 4.69) is 10.3 Å². The summed E-state index contributed by atoms with van der Waals surface area (Å²) in [6.45, 7) is 0.432. The smallest absolute Gasteiger partial charge is 0.251 e. The Labute approximate surface area is 145 Å². The fraction of sp³-hybridized carbons (Fsp3) is 0.0476. The highest BCUT2D eigenvalue weighted by Gasteiger charge is 2.08. The fourth-order valence-electron chi connectivity index (χ4n) is 2.76. The van der Waals surface area contributed by atoms with Crippen molar-refractivity contribution in [3.63, 3.8) is 0 Å². The quantitative estimate of drug-likeness (QED) is 0.603. The Hall–Kier alpha value is -3.40. The van der Waals surface area contributed by atoms with Gasteiger partial charge in [-0.15, -0.1) is 0 Å². The molecule has 4 aromatic rings. The van der Waals surface area contributed by atoms with E-state index in [0.717, 1.165) is 22.0 Å². The molecule has 0 aliphatic carbocycles. The number of carbonyl (C=O) groups is 1. The number of amides is 1. The lowest BCUT2D eigenvalue weighted by Crippen LogP contribution is -2.22. The Bertz CT molecular complexity index is 1020. The molecule has 0 bridgehead atoms. The van der Waals surface area contributed by atoms with E-state index in [1.807, 2.05) is 66.7 Å². The van der Waals surface area contributed by atoms with Gasteiger partial charge in [-0.3, -0.25) is 9.78 Å². The first-order chi connectivity index (χ1) is 12.3. The van der Waals surface area contributed by atoms with Gasteiger partial charge in [0, 0.05) is 18.3 Å². The van der Waals surface area contributed by atoms with Gasteiger partial charge in [-0.1, -0.05) is 30.3 Å². The van der Waals surface area contributed by atoms with Crippen molar-refractivity contribution in [1.29, 1.82) is 0 Å². The molecule has 0 radical (unpaired) electrons. The van der Waals surface area contributed by atoms with Crippen LogP contribution in [-0.4, -0.2) is 10.9 Å².